The molecule has 0 aromatic rings. The quantitative estimate of drug-likeness (QED) is 0.736. The van der Waals surface area contributed by atoms with E-state index in [1.165, 1.54) is 0 Å². The predicted octanol–water partition coefficient (Wildman–Crippen LogP) is 0.127. The van der Waals surface area contributed by atoms with Crippen LogP contribution in [0.25, 0.3) is 0 Å². The summed E-state index contributed by atoms with van der Waals surface area (Å²) < 4.78 is 0. The Bertz CT molecular complexity index is 231. The van der Waals surface area contributed by atoms with Gasteiger partial charge in [0, 0.05) is 50.8 Å². The molecule has 17 heavy (non-hydrogen) atoms. The summed E-state index contributed by atoms with van der Waals surface area (Å²) in [5, 5.41) is 13.2. The van der Waals surface area contributed by atoms with Gasteiger partial charge < -0.3 is 15.3 Å². The smallest absolute Gasteiger partial charge is 0.0616 e. The molecule has 4 nitrogen and oxygen atoms in total. The van der Waals surface area contributed by atoms with Gasteiger partial charge in [0.15, 0.2) is 0 Å². The van der Waals surface area contributed by atoms with Crippen LogP contribution >= 0.6 is 0 Å². The number of nitrogens with zero attached hydrogens (tertiary/aromatic N) is 2. The lowest BCUT2D eigenvalue weighted by Gasteiger charge is -2.50. The summed E-state index contributed by atoms with van der Waals surface area (Å²) in [6, 6.07) is 0.634. The number of nitrogens with one attached hydrogen (secondary N) is 1. The molecule has 0 radical (unpaired) electrons. The average molecular weight is 241 g/mol. The summed E-state index contributed by atoms with van der Waals surface area (Å²) >= 11 is 0. The van der Waals surface area contributed by atoms with Crippen molar-refractivity contribution in [3.8, 4) is 0 Å². The topological polar surface area (TPSA) is 38.7 Å². The van der Waals surface area contributed by atoms with Gasteiger partial charge in [-0.3, -0.25) is 4.90 Å². The molecule has 0 aliphatic carbocycles. The van der Waals surface area contributed by atoms with Gasteiger partial charge in [-0.05, 0) is 26.7 Å². The maximum absolute atomic E-state index is 9.84. The van der Waals surface area contributed by atoms with Crippen molar-refractivity contribution in [3.05, 3.63) is 0 Å². The summed E-state index contributed by atoms with van der Waals surface area (Å²) in [6.07, 6.45) is 2.23. The molecule has 100 valence electrons. The van der Waals surface area contributed by atoms with Crippen LogP contribution in [0.5, 0.6) is 0 Å². The first-order valence-electron chi connectivity index (χ1n) is 6.99. The molecule has 4 heteroatoms. The lowest BCUT2D eigenvalue weighted by molar-refractivity contribution is -0.0304. The highest BCUT2D eigenvalue weighted by molar-refractivity contribution is 4.96. The highest BCUT2D eigenvalue weighted by Gasteiger charge is 2.39. The van der Waals surface area contributed by atoms with Gasteiger partial charge in [-0.1, -0.05) is 0 Å². The number of piperazine rings is 1. The van der Waals surface area contributed by atoms with E-state index in [4.69, 9.17) is 0 Å². The van der Waals surface area contributed by atoms with E-state index in [-0.39, 0.29) is 5.54 Å². The number of rotatable bonds is 3. The minimum Gasteiger partial charge on any atom is -0.394 e. The molecule has 0 aromatic heterocycles. The molecule has 2 N–H and O–H groups in total. The van der Waals surface area contributed by atoms with Crippen LogP contribution in [0.4, 0.5) is 0 Å². The molecule has 0 bridgehead atoms. The van der Waals surface area contributed by atoms with Gasteiger partial charge in [-0.2, -0.15) is 0 Å². The van der Waals surface area contributed by atoms with Crippen LogP contribution in [0.3, 0.4) is 0 Å². The normalized spacial score (nSPS) is 27.5. The first-order valence-corrected chi connectivity index (χ1v) is 6.99. The van der Waals surface area contributed by atoms with E-state index in [0.29, 0.717) is 12.6 Å². The fourth-order valence-corrected chi connectivity index (χ4v) is 3.17. The van der Waals surface area contributed by atoms with Crippen molar-refractivity contribution >= 4 is 0 Å². The lowest BCUT2D eigenvalue weighted by atomic mass is 9.85. The zero-order valence-electron chi connectivity index (χ0n) is 11.3. The minimum absolute atomic E-state index is 0.0630. The molecule has 2 rings (SSSR count). The number of likely N-dealkylation sites (tertiary alicyclic amines) is 1. The van der Waals surface area contributed by atoms with Crippen molar-refractivity contribution in [2.24, 2.45) is 0 Å². The number of aliphatic hydroxyl groups excluding tert-OH is 1. The van der Waals surface area contributed by atoms with Crippen LogP contribution in [0, 0.1) is 0 Å². The highest BCUT2D eigenvalue weighted by atomic mass is 16.3. The molecular formula is C13H27N3O. The van der Waals surface area contributed by atoms with E-state index in [9.17, 15) is 5.11 Å². The Labute approximate surface area is 105 Å². The average Bonchev–Trinajstić information content (AvgIpc) is 2.40. The van der Waals surface area contributed by atoms with Crippen LogP contribution in [0.15, 0.2) is 0 Å². The molecule has 2 aliphatic heterocycles. The van der Waals surface area contributed by atoms with Crippen molar-refractivity contribution in [2.75, 3.05) is 45.9 Å². The summed E-state index contributed by atoms with van der Waals surface area (Å²) in [5.41, 5.74) is 0.0630. The minimum atomic E-state index is 0.0630. The molecule has 0 atom stereocenters. The zero-order chi connectivity index (χ0) is 12.3. The number of aliphatic hydroxyl groups is 1. The third kappa shape index (κ3) is 2.81. The van der Waals surface area contributed by atoms with Crippen molar-refractivity contribution in [1.82, 2.24) is 15.1 Å². The number of hydrogen-bond acceptors (Lipinski definition) is 4. The predicted molar refractivity (Wildman–Crippen MR) is 70.2 cm³/mol. The van der Waals surface area contributed by atoms with E-state index in [1.807, 2.05) is 0 Å². The molecule has 0 unspecified atom stereocenters. The lowest BCUT2D eigenvalue weighted by Crippen LogP contribution is -2.62. The molecule has 0 amide bonds. The van der Waals surface area contributed by atoms with Crippen molar-refractivity contribution in [2.45, 2.75) is 38.3 Å². The molecule has 2 aliphatic rings. The van der Waals surface area contributed by atoms with Crippen LogP contribution in [0.1, 0.15) is 26.7 Å². The number of hydrogen-bond donors (Lipinski definition) is 2. The fraction of sp³-hybridized carbons (Fsp3) is 1.00. The van der Waals surface area contributed by atoms with Crippen molar-refractivity contribution in [3.63, 3.8) is 0 Å². The monoisotopic (exact) mass is 241 g/mol. The van der Waals surface area contributed by atoms with Crippen LogP contribution in [0.2, 0.25) is 0 Å². The van der Waals surface area contributed by atoms with Gasteiger partial charge >= 0.3 is 0 Å². The summed E-state index contributed by atoms with van der Waals surface area (Å²) in [7, 11) is 0. The van der Waals surface area contributed by atoms with Gasteiger partial charge in [0.2, 0.25) is 0 Å². The second-order valence-electron chi connectivity index (χ2n) is 5.75. The SMILES string of the molecule is CC(C)N1CCC(CO)(N2CCNCC2)CC1. The molecule has 0 spiro atoms. The Morgan fingerprint density at radius 3 is 2.18 bits per heavy atom. The first kappa shape index (κ1) is 13.3. The van der Waals surface area contributed by atoms with Gasteiger partial charge in [-0.25, -0.2) is 0 Å². The second kappa shape index (κ2) is 5.65. The Balaban J connectivity index is 1.96. The van der Waals surface area contributed by atoms with E-state index in [2.05, 4.69) is 29.0 Å². The molecule has 0 aromatic carbocycles. The maximum atomic E-state index is 9.84. The van der Waals surface area contributed by atoms with Crippen molar-refractivity contribution < 1.29 is 5.11 Å². The molecule has 2 saturated heterocycles. The van der Waals surface area contributed by atoms with Crippen molar-refractivity contribution in [1.29, 1.82) is 0 Å². The molecule has 0 saturated carbocycles. The molecule has 2 fully saturated rings. The van der Waals surface area contributed by atoms with E-state index in [0.717, 1.165) is 52.1 Å². The highest BCUT2D eigenvalue weighted by Crippen LogP contribution is 2.29. The Kier molecular flexibility index (Phi) is 4.42. The molecule has 2 heterocycles. The standard InChI is InChI=1S/C13H27N3O/c1-12(2)15-7-3-13(11-17,4-8-15)16-9-5-14-6-10-16/h12,14,17H,3-11H2,1-2H3. The van der Waals surface area contributed by atoms with E-state index >= 15 is 0 Å². The maximum Gasteiger partial charge on any atom is 0.0616 e. The summed E-state index contributed by atoms with van der Waals surface area (Å²) in [6.45, 7) is 11.4. The summed E-state index contributed by atoms with van der Waals surface area (Å²) in [5.74, 6) is 0. The second-order valence-corrected chi connectivity index (χ2v) is 5.75. The van der Waals surface area contributed by atoms with Gasteiger partial charge in [0.25, 0.3) is 0 Å². The van der Waals surface area contributed by atoms with Gasteiger partial charge in [0.1, 0.15) is 0 Å². The van der Waals surface area contributed by atoms with Crippen LogP contribution in [-0.4, -0.2) is 72.4 Å². The fourth-order valence-electron chi connectivity index (χ4n) is 3.17. The van der Waals surface area contributed by atoms with Crippen LogP contribution < -0.4 is 5.32 Å². The van der Waals surface area contributed by atoms with Crippen LogP contribution in [-0.2, 0) is 0 Å². The Morgan fingerprint density at radius 1 is 1.12 bits per heavy atom. The number of piperidine rings is 1. The van der Waals surface area contributed by atoms with E-state index < -0.39 is 0 Å². The summed E-state index contributed by atoms with van der Waals surface area (Å²) in [4.78, 5) is 5.04. The largest absolute Gasteiger partial charge is 0.394 e. The van der Waals surface area contributed by atoms with E-state index in [1.54, 1.807) is 0 Å². The first-order chi connectivity index (χ1) is 8.18. The molecular weight excluding hydrogens is 214 g/mol. The third-order valence-electron chi connectivity index (χ3n) is 4.54. The zero-order valence-corrected chi connectivity index (χ0v) is 11.3. The Morgan fingerprint density at radius 2 is 1.71 bits per heavy atom. The van der Waals surface area contributed by atoms with Gasteiger partial charge in [-0.15, -0.1) is 0 Å². The Hall–Kier alpha value is -0.160. The third-order valence-corrected chi connectivity index (χ3v) is 4.54. The van der Waals surface area contributed by atoms with Gasteiger partial charge in [0.05, 0.1) is 6.61 Å².